The number of halogens is 1. The van der Waals surface area contributed by atoms with E-state index in [9.17, 15) is 0 Å². The molecule has 0 saturated carbocycles. The van der Waals surface area contributed by atoms with Gasteiger partial charge in [-0.1, -0.05) is 49.7 Å². The first kappa shape index (κ1) is 14.5. The van der Waals surface area contributed by atoms with Gasteiger partial charge in [0, 0.05) is 10.4 Å². The lowest BCUT2D eigenvalue weighted by Crippen LogP contribution is -1.92. The van der Waals surface area contributed by atoms with E-state index in [1.165, 1.54) is 16.0 Å². The van der Waals surface area contributed by atoms with E-state index in [0.717, 1.165) is 15.8 Å². The predicted octanol–water partition coefficient (Wildman–Crippen LogP) is 5.75. The van der Waals surface area contributed by atoms with Crippen LogP contribution in [0.1, 0.15) is 35.8 Å². The van der Waals surface area contributed by atoms with Gasteiger partial charge < -0.3 is 0 Å². The molecule has 0 spiro atoms. The topological polar surface area (TPSA) is 25.8 Å². The second kappa shape index (κ2) is 5.39. The van der Waals surface area contributed by atoms with Crippen molar-refractivity contribution in [3.05, 3.63) is 45.4 Å². The van der Waals surface area contributed by atoms with Crippen LogP contribution in [0.5, 0.6) is 0 Å². The zero-order valence-electron chi connectivity index (χ0n) is 12.6. The summed E-state index contributed by atoms with van der Waals surface area (Å²) in [6, 6.07) is 8.40. The molecule has 0 saturated heterocycles. The Morgan fingerprint density at radius 3 is 2.33 bits per heavy atom. The van der Waals surface area contributed by atoms with E-state index in [2.05, 4.69) is 61.9 Å². The van der Waals surface area contributed by atoms with Crippen LogP contribution in [-0.2, 0) is 0 Å². The lowest BCUT2D eigenvalue weighted by Gasteiger charge is -2.07. The molecule has 2 heterocycles. The summed E-state index contributed by atoms with van der Waals surface area (Å²) in [6.07, 6.45) is 0. The Bertz CT molecular complexity index is 804. The van der Waals surface area contributed by atoms with Crippen LogP contribution < -0.4 is 0 Å². The summed E-state index contributed by atoms with van der Waals surface area (Å²) in [5.41, 5.74) is 3.50. The Morgan fingerprint density at radius 2 is 1.71 bits per heavy atom. The van der Waals surface area contributed by atoms with Crippen LogP contribution in [0.3, 0.4) is 0 Å². The largest absolute Gasteiger partial charge is 0.217 e. The molecule has 0 aliphatic heterocycles. The Labute approximate surface area is 133 Å². The van der Waals surface area contributed by atoms with Gasteiger partial charge in [-0.25, -0.2) is 9.97 Å². The first-order valence-electron chi connectivity index (χ1n) is 7.01. The van der Waals surface area contributed by atoms with Gasteiger partial charge in [-0.2, -0.15) is 0 Å². The molecule has 3 rings (SSSR count). The SMILES string of the molecule is Cc1sc2nc(-c3ccc(C(C)C)cc3)nc(Cl)c2c1C. The second-order valence-electron chi connectivity index (χ2n) is 5.58. The predicted molar refractivity (Wildman–Crippen MR) is 91.4 cm³/mol. The summed E-state index contributed by atoms with van der Waals surface area (Å²) in [5.74, 6) is 1.22. The van der Waals surface area contributed by atoms with E-state index in [4.69, 9.17) is 11.6 Å². The third kappa shape index (κ3) is 2.56. The molecule has 4 heteroatoms. The highest BCUT2D eigenvalue weighted by molar-refractivity contribution is 7.18. The fourth-order valence-electron chi connectivity index (χ4n) is 2.35. The van der Waals surface area contributed by atoms with E-state index >= 15 is 0 Å². The number of fused-ring (bicyclic) bond motifs is 1. The molecular formula is C17H17ClN2S. The van der Waals surface area contributed by atoms with Gasteiger partial charge in [0.1, 0.15) is 9.98 Å². The lowest BCUT2D eigenvalue weighted by atomic mass is 10.0. The van der Waals surface area contributed by atoms with Gasteiger partial charge in [0.05, 0.1) is 5.39 Å². The smallest absolute Gasteiger partial charge is 0.162 e. The second-order valence-corrected chi connectivity index (χ2v) is 7.14. The van der Waals surface area contributed by atoms with Gasteiger partial charge in [-0.3, -0.25) is 0 Å². The molecule has 3 aromatic rings. The number of hydrogen-bond acceptors (Lipinski definition) is 3. The third-order valence-corrected chi connectivity index (χ3v) is 5.19. The van der Waals surface area contributed by atoms with Crippen molar-refractivity contribution in [3.63, 3.8) is 0 Å². The van der Waals surface area contributed by atoms with E-state index in [1.54, 1.807) is 11.3 Å². The highest BCUT2D eigenvalue weighted by Gasteiger charge is 2.14. The Kier molecular flexibility index (Phi) is 3.72. The molecule has 0 fully saturated rings. The highest BCUT2D eigenvalue weighted by Crippen LogP contribution is 2.34. The minimum Gasteiger partial charge on any atom is -0.217 e. The van der Waals surface area contributed by atoms with E-state index in [1.807, 2.05) is 0 Å². The maximum absolute atomic E-state index is 6.37. The van der Waals surface area contributed by atoms with Crippen molar-refractivity contribution < 1.29 is 0 Å². The number of hydrogen-bond donors (Lipinski definition) is 0. The van der Waals surface area contributed by atoms with Crippen LogP contribution in [-0.4, -0.2) is 9.97 Å². The molecule has 108 valence electrons. The minimum absolute atomic E-state index is 0.522. The van der Waals surface area contributed by atoms with Crippen LogP contribution >= 0.6 is 22.9 Å². The number of benzene rings is 1. The summed E-state index contributed by atoms with van der Waals surface area (Å²) < 4.78 is 0. The molecular weight excluding hydrogens is 300 g/mol. The molecule has 0 aliphatic rings. The fourth-order valence-corrected chi connectivity index (χ4v) is 3.74. The zero-order valence-corrected chi connectivity index (χ0v) is 14.1. The van der Waals surface area contributed by atoms with E-state index < -0.39 is 0 Å². The molecule has 1 aromatic carbocycles. The van der Waals surface area contributed by atoms with Crippen LogP contribution in [0, 0.1) is 13.8 Å². The summed E-state index contributed by atoms with van der Waals surface area (Å²) in [6.45, 7) is 8.53. The van der Waals surface area contributed by atoms with Crippen molar-refractivity contribution in [2.75, 3.05) is 0 Å². The standard InChI is InChI=1S/C17H17ClN2S/c1-9(2)12-5-7-13(8-6-12)16-19-15(18)14-10(3)11(4)21-17(14)20-16/h5-9H,1-4H3. The van der Waals surface area contributed by atoms with Crippen molar-refractivity contribution in [1.82, 2.24) is 9.97 Å². The Hall–Kier alpha value is -1.45. The fraction of sp³-hybridized carbons (Fsp3) is 0.294. The number of aryl methyl sites for hydroxylation is 2. The maximum atomic E-state index is 6.37. The van der Waals surface area contributed by atoms with Gasteiger partial charge >= 0.3 is 0 Å². The van der Waals surface area contributed by atoms with Crippen LogP contribution in [0.4, 0.5) is 0 Å². The quantitative estimate of drug-likeness (QED) is 0.562. The molecule has 0 aliphatic carbocycles. The molecule has 0 radical (unpaired) electrons. The molecule has 2 aromatic heterocycles. The van der Waals surface area contributed by atoms with Crippen molar-refractivity contribution >= 4 is 33.2 Å². The van der Waals surface area contributed by atoms with Gasteiger partial charge in [0.25, 0.3) is 0 Å². The molecule has 0 bridgehead atoms. The van der Waals surface area contributed by atoms with Crippen LogP contribution in [0.15, 0.2) is 24.3 Å². The molecule has 0 amide bonds. The average Bonchev–Trinajstić information content (AvgIpc) is 2.74. The van der Waals surface area contributed by atoms with Crippen molar-refractivity contribution in [2.24, 2.45) is 0 Å². The first-order valence-corrected chi connectivity index (χ1v) is 8.20. The monoisotopic (exact) mass is 316 g/mol. The van der Waals surface area contributed by atoms with Gasteiger partial charge in [0.2, 0.25) is 0 Å². The summed E-state index contributed by atoms with van der Waals surface area (Å²) in [7, 11) is 0. The third-order valence-electron chi connectivity index (χ3n) is 3.82. The van der Waals surface area contributed by atoms with Gasteiger partial charge in [-0.15, -0.1) is 11.3 Å². The molecule has 21 heavy (non-hydrogen) atoms. The van der Waals surface area contributed by atoms with E-state index in [0.29, 0.717) is 16.9 Å². The number of thiophene rings is 1. The van der Waals surface area contributed by atoms with Crippen LogP contribution in [0.2, 0.25) is 5.15 Å². The first-order chi connectivity index (χ1) is 9.97. The zero-order chi connectivity index (χ0) is 15.1. The van der Waals surface area contributed by atoms with E-state index in [-0.39, 0.29) is 0 Å². The van der Waals surface area contributed by atoms with Gasteiger partial charge in [-0.05, 0) is 30.9 Å². The Morgan fingerprint density at radius 1 is 1.05 bits per heavy atom. The molecule has 0 atom stereocenters. The summed E-state index contributed by atoms with van der Waals surface area (Å²) in [5, 5.41) is 1.53. The molecule has 2 nitrogen and oxygen atoms in total. The minimum atomic E-state index is 0.522. The lowest BCUT2D eigenvalue weighted by molar-refractivity contribution is 0.867. The Balaban J connectivity index is 2.12. The van der Waals surface area contributed by atoms with Gasteiger partial charge in [0.15, 0.2) is 5.82 Å². The normalized spacial score (nSPS) is 11.5. The van der Waals surface area contributed by atoms with Crippen molar-refractivity contribution in [1.29, 1.82) is 0 Å². The number of aromatic nitrogens is 2. The van der Waals surface area contributed by atoms with Crippen molar-refractivity contribution in [2.45, 2.75) is 33.6 Å². The number of nitrogens with zero attached hydrogens (tertiary/aromatic N) is 2. The molecule has 0 unspecified atom stereocenters. The molecule has 0 N–H and O–H groups in total. The summed E-state index contributed by atoms with van der Waals surface area (Å²) in [4.78, 5) is 11.4. The average molecular weight is 317 g/mol. The van der Waals surface area contributed by atoms with Crippen molar-refractivity contribution in [3.8, 4) is 11.4 Å². The summed E-state index contributed by atoms with van der Waals surface area (Å²) >= 11 is 8.04. The highest BCUT2D eigenvalue weighted by atomic mass is 35.5. The van der Waals surface area contributed by atoms with Crippen LogP contribution in [0.25, 0.3) is 21.6 Å². The number of rotatable bonds is 2. The maximum Gasteiger partial charge on any atom is 0.162 e.